The molecule has 16 heavy (non-hydrogen) atoms. The van der Waals surface area contributed by atoms with Gasteiger partial charge >= 0.3 is 0 Å². The van der Waals surface area contributed by atoms with E-state index in [9.17, 15) is 0 Å². The molecule has 7 heteroatoms. The van der Waals surface area contributed by atoms with Crippen LogP contribution in [0, 0.1) is 0 Å². The Kier molecular flexibility index (Phi) is 1.76. The molecule has 0 saturated carbocycles. The Bertz CT molecular complexity index is 578. The Labute approximate surface area is 90.4 Å². The first-order valence-electron chi connectivity index (χ1n) is 4.58. The average Bonchev–Trinajstić information content (AvgIpc) is 2.86. The lowest BCUT2D eigenvalue weighted by molar-refractivity contribution is 0.884. The summed E-state index contributed by atoms with van der Waals surface area (Å²) in [6, 6.07) is 3.47. The number of nitrogens with zero attached hydrogens (tertiary/aromatic N) is 6. The van der Waals surface area contributed by atoms with Crippen LogP contribution in [0.15, 0.2) is 34.8 Å². The molecule has 2 aromatic heterocycles. The maximum atomic E-state index is 5.48. The van der Waals surface area contributed by atoms with Crippen LogP contribution in [-0.2, 0) is 0 Å². The lowest BCUT2D eigenvalue weighted by Gasteiger charge is -1.95. The average molecular weight is 213 g/mol. The van der Waals surface area contributed by atoms with Crippen LogP contribution in [0.5, 0.6) is 0 Å². The van der Waals surface area contributed by atoms with Crippen molar-refractivity contribution < 1.29 is 0 Å². The summed E-state index contributed by atoms with van der Waals surface area (Å²) in [7, 11) is 0. The fourth-order valence-electron chi connectivity index (χ4n) is 1.34. The molecule has 0 amide bonds. The zero-order valence-corrected chi connectivity index (χ0v) is 8.15. The van der Waals surface area contributed by atoms with Gasteiger partial charge in [-0.2, -0.15) is 9.78 Å². The third kappa shape index (κ3) is 1.34. The van der Waals surface area contributed by atoms with Gasteiger partial charge in [0, 0.05) is 0 Å². The zero-order valence-electron chi connectivity index (χ0n) is 8.15. The molecule has 0 aliphatic carbocycles. The number of anilines is 1. The molecule has 0 spiro atoms. The second-order valence-corrected chi connectivity index (χ2v) is 3.18. The van der Waals surface area contributed by atoms with E-state index in [0.29, 0.717) is 23.0 Å². The fourth-order valence-corrected chi connectivity index (χ4v) is 1.34. The summed E-state index contributed by atoms with van der Waals surface area (Å²) in [6.45, 7) is 0. The minimum absolute atomic E-state index is 0.465. The Morgan fingerprint density at radius 3 is 3.06 bits per heavy atom. The SMILES string of the molecule is Nc1ccc(/N=C2\C=Nn3cnnc32)cn1. The van der Waals surface area contributed by atoms with E-state index in [1.54, 1.807) is 29.2 Å². The molecule has 3 heterocycles. The van der Waals surface area contributed by atoms with Crippen molar-refractivity contribution in [3.8, 4) is 0 Å². The summed E-state index contributed by atoms with van der Waals surface area (Å²) in [5, 5.41) is 11.7. The molecule has 0 saturated heterocycles. The first-order chi connectivity index (χ1) is 7.83. The maximum absolute atomic E-state index is 5.48. The molecule has 2 N–H and O–H groups in total. The van der Waals surface area contributed by atoms with Crippen molar-refractivity contribution in [3.63, 3.8) is 0 Å². The molecule has 78 valence electrons. The second-order valence-electron chi connectivity index (χ2n) is 3.18. The number of aromatic nitrogens is 4. The molecule has 0 fully saturated rings. The third-order valence-corrected chi connectivity index (χ3v) is 2.08. The van der Waals surface area contributed by atoms with E-state index in [1.165, 1.54) is 6.33 Å². The van der Waals surface area contributed by atoms with Gasteiger partial charge in [-0.15, -0.1) is 10.2 Å². The molecule has 3 rings (SSSR count). The highest BCUT2D eigenvalue weighted by molar-refractivity contribution is 6.38. The van der Waals surface area contributed by atoms with Crippen LogP contribution in [-0.4, -0.2) is 31.8 Å². The predicted molar refractivity (Wildman–Crippen MR) is 58.8 cm³/mol. The van der Waals surface area contributed by atoms with Crippen LogP contribution in [0.2, 0.25) is 0 Å². The van der Waals surface area contributed by atoms with Crippen LogP contribution in [0.4, 0.5) is 11.5 Å². The first kappa shape index (κ1) is 8.72. The molecule has 0 atom stereocenters. The molecule has 2 aromatic rings. The molecule has 0 bridgehead atoms. The van der Waals surface area contributed by atoms with Gasteiger partial charge in [-0.05, 0) is 12.1 Å². The lowest BCUT2D eigenvalue weighted by atomic mass is 10.3. The minimum atomic E-state index is 0.465. The number of rotatable bonds is 1. The van der Waals surface area contributed by atoms with Gasteiger partial charge in [0.15, 0.2) is 0 Å². The molecule has 0 aromatic carbocycles. The van der Waals surface area contributed by atoms with Crippen LogP contribution in [0.25, 0.3) is 0 Å². The van der Waals surface area contributed by atoms with Gasteiger partial charge in [0.05, 0.1) is 18.1 Å². The van der Waals surface area contributed by atoms with Crippen molar-refractivity contribution in [2.24, 2.45) is 10.1 Å². The Balaban J connectivity index is 2.01. The molecular formula is C9H7N7. The quantitative estimate of drug-likeness (QED) is 0.733. The predicted octanol–water partition coefficient (Wildman–Crippen LogP) is 0.224. The summed E-state index contributed by atoms with van der Waals surface area (Å²) < 4.78 is 1.56. The number of fused-ring (bicyclic) bond motifs is 1. The lowest BCUT2D eigenvalue weighted by Crippen LogP contribution is -2.01. The monoisotopic (exact) mass is 213 g/mol. The van der Waals surface area contributed by atoms with Gasteiger partial charge < -0.3 is 5.73 Å². The van der Waals surface area contributed by atoms with Crippen molar-refractivity contribution in [3.05, 3.63) is 30.5 Å². The standard InChI is InChI=1S/C9H7N7/c10-8-2-1-6(3-11-8)14-7-4-13-16-5-12-15-9(7)16/h1-5H,(H2,10,11)/b14-7+. The highest BCUT2D eigenvalue weighted by Gasteiger charge is 2.15. The smallest absolute Gasteiger partial charge is 0.204 e. The molecule has 7 nitrogen and oxygen atoms in total. The van der Waals surface area contributed by atoms with Gasteiger partial charge in [-0.1, -0.05) is 0 Å². The first-order valence-corrected chi connectivity index (χ1v) is 4.58. The van der Waals surface area contributed by atoms with Crippen LogP contribution in [0.1, 0.15) is 5.82 Å². The van der Waals surface area contributed by atoms with Crippen LogP contribution < -0.4 is 5.73 Å². The van der Waals surface area contributed by atoms with E-state index < -0.39 is 0 Å². The second kappa shape index (κ2) is 3.23. The molecular weight excluding hydrogens is 206 g/mol. The van der Waals surface area contributed by atoms with E-state index in [2.05, 4.69) is 25.3 Å². The van der Waals surface area contributed by atoms with Crippen molar-refractivity contribution >= 4 is 23.4 Å². The Hall–Kier alpha value is -2.57. The zero-order chi connectivity index (χ0) is 11.0. The van der Waals surface area contributed by atoms with Crippen molar-refractivity contribution in [1.82, 2.24) is 19.9 Å². The highest BCUT2D eigenvalue weighted by atomic mass is 15.5. The van der Waals surface area contributed by atoms with Gasteiger partial charge in [-0.25, -0.2) is 9.98 Å². The number of hydrogen-bond donors (Lipinski definition) is 1. The number of pyridine rings is 1. The summed E-state index contributed by atoms with van der Waals surface area (Å²) in [4.78, 5) is 8.29. The van der Waals surface area contributed by atoms with Crippen LogP contribution in [0.3, 0.4) is 0 Å². The van der Waals surface area contributed by atoms with E-state index >= 15 is 0 Å². The number of hydrogen-bond acceptors (Lipinski definition) is 6. The van der Waals surface area contributed by atoms with Gasteiger partial charge in [-0.3, -0.25) is 0 Å². The molecule has 1 aliphatic rings. The van der Waals surface area contributed by atoms with Gasteiger partial charge in [0.25, 0.3) is 0 Å². The fraction of sp³-hybridized carbons (Fsp3) is 0. The third-order valence-electron chi connectivity index (χ3n) is 2.08. The maximum Gasteiger partial charge on any atom is 0.204 e. The normalized spacial score (nSPS) is 15.6. The van der Waals surface area contributed by atoms with E-state index in [1.807, 2.05) is 0 Å². The topological polar surface area (TPSA) is 94.3 Å². The Morgan fingerprint density at radius 1 is 1.31 bits per heavy atom. The molecule has 0 unspecified atom stereocenters. The molecule has 1 aliphatic heterocycles. The van der Waals surface area contributed by atoms with Gasteiger partial charge in [0.1, 0.15) is 17.9 Å². The van der Waals surface area contributed by atoms with Crippen molar-refractivity contribution in [2.45, 2.75) is 0 Å². The minimum Gasteiger partial charge on any atom is -0.384 e. The van der Waals surface area contributed by atoms with Crippen molar-refractivity contribution in [2.75, 3.05) is 5.73 Å². The number of aliphatic imine (C=N–C) groups is 1. The van der Waals surface area contributed by atoms with E-state index in [0.717, 1.165) is 0 Å². The largest absolute Gasteiger partial charge is 0.384 e. The summed E-state index contributed by atoms with van der Waals surface area (Å²) in [6.07, 6.45) is 4.74. The van der Waals surface area contributed by atoms with Crippen LogP contribution >= 0.6 is 0 Å². The number of nitrogens with two attached hydrogens (primary N) is 1. The summed E-state index contributed by atoms with van der Waals surface area (Å²) in [5.74, 6) is 1.09. The molecule has 0 radical (unpaired) electrons. The Morgan fingerprint density at radius 2 is 2.25 bits per heavy atom. The van der Waals surface area contributed by atoms with Gasteiger partial charge in [0.2, 0.25) is 5.82 Å². The number of nitrogen functional groups attached to an aromatic ring is 1. The summed E-state index contributed by atoms with van der Waals surface area (Å²) >= 11 is 0. The van der Waals surface area contributed by atoms with E-state index in [-0.39, 0.29) is 0 Å². The summed E-state index contributed by atoms with van der Waals surface area (Å²) in [5.41, 5.74) is 6.84. The highest BCUT2D eigenvalue weighted by Crippen LogP contribution is 2.14. The van der Waals surface area contributed by atoms with Crippen molar-refractivity contribution in [1.29, 1.82) is 0 Å². The van der Waals surface area contributed by atoms with E-state index in [4.69, 9.17) is 5.73 Å².